The van der Waals surface area contributed by atoms with Crippen LogP contribution in [-0.2, 0) is 14.8 Å². The molecule has 1 unspecified atom stereocenters. The smallest absolute Gasteiger partial charge is 0.219 e. The fourth-order valence-electron chi connectivity index (χ4n) is 1.10. The quantitative estimate of drug-likeness (QED) is 0.480. The van der Waals surface area contributed by atoms with E-state index in [-0.39, 0.29) is 12.2 Å². The molecule has 0 aromatic rings. The highest BCUT2D eigenvalue weighted by Crippen LogP contribution is 1.99. The fourth-order valence-corrected chi connectivity index (χ4v) is 2.68. The molecule has 0 spiro atoms. The third-order valence-corrected chi connectivity index (χ3v) is 3.54. The maximum Gasteiger partial charge on any atom is 0.219 e. The van der Waals surface area contributed by atoms with Gasteiger partial charge in [-0.15, -0.1) is 11.6 Å². The van der Waals surface area contributed by atoms with Crippen LogP contribution < -0.4 is 10.5 Å². The van der Waals surface area contributed by atoms with Crippen LogP contribution in [-0.4, -0.2) is 32.0 Å². The van der Waals surface area contributed by atoms with Gasteiger partial charge in [-0.1, -0.05) is 0 Å². The zero-order chi connectivity index (χ0) is 11.9. The van der Waals surface area contributed by atoms with Crippen molar-refractivity contribution in [3.63, 3.8) is 0 Å². The Morgan fingerprint density at radius 2 is 2.07 bits per heavy atom. The summed E-state index contributed by atoms with van der Waals surface area (Å²) >= 11 is 5.43. The van der Waals surface area contributed by atoms with Gasteiger partial charge >= 0.3 is 0 Å². The summed E-state index contributed by atoms with van der Waals surface area (Å²) < 4.78 is 25.2. The minimum atomic E-state index is -3.32. The van der Waals surface area contributed by atoms with Gasteiger partial charge < -0.3 is 5.73 Å². The van der Waals surface area contributed by atoms with Crippen molar-refractivity contribution < 1.29 is 13.2 Å². The lowest BCUT2D eigenvalue weighted by molar-refractivity contribution is -0.118. The number of halogens is 1. The van der Waals surface area contributed by atoms with Crippen LogP contribution in [0, 0.1) is 0 Å². The van der Waals surface area contributed by atoms with E-state index >= 15 is 0 Å². The summed E-state index contributed by atoms with van der Waals surface area (Å²) in [6.45, 7) is 1.60. The number of rotatable bonds is 8. The Hall–Kier alpha value is -0.330. The van der Waals surface area contributed by atoms with Crippen molar-refractivity contribution in [1.29, 1.82) is 0 Å². The Morgan fingerprint density at radius 3 is 2.53 bits per heavy atom. The minimum absolute atomic E-state index is 0.00867. The maximum atomic E-state index is 11.4. The van der Waals surface area contributed by atoms with E-state index in [0.29, 0.717) is 18.7 Å². The highest BCUT2D eigenvalue weighted by molar-refractivity contribution is 7.89. The molecule has 5 nitrogen and oxygen atoms in total. The monoisotopic (exact) mass is 256 g/mol. The first-order valence-corrected chi connectivity index (χ1v) is 6.90. The van der Waals surface area contributed by atoms with Gasteiger partial charge in [0.2, 0.25) is 15.9 Å². The van der Waals surface area contributed by atoms with Gasteiger partial charge in [0, 0.05) is 18.3 Å². The standard InChI is InChI=1S/C8H17ClN2O3S/c1-7(6-8(10)12)11-15(13,14)5-3-2-4-9/h7,11H,2-6H2,1H3,(H2,10,12). The molecule has 0 aromatic carbocycles. The van der Waals surface area contributed by atoms with E-state index < -0.39 is 22.0 Å². The fraction of sp³-hybridized carbons (Fsp3) is 0.875. The molecule has 0 rings (SSSR count). The Morgan fingerprint density at radius 1 is 1.47 bits per heavy atom. The summed E-state index contributed by atoms with van der Waals surface area (Å²) in [5.74, 6) is -0.0409. The third kappa shape index (κ3) is 8.65. The molecule has 3 N–H and O–H groups in total. The predicted molar refractivity (Wildman–Crippen MR) is 60.1 cm³/mol. The first-order valence-electron chi connectivity index (χ1n) is 4.71. The van der Waals surface area contributed by atoms with E-state index in [1.54, 1.807) is 6.92 Å². The number of nitrogens with two attached hydrogens (primary N) is 1. The highest BCUT2D eigenvalue weighted by Gasteiger charge is 2.15. The molecular formula is C8H17ClN2O3S. The van der Waals surface area contributed by atoms with E-state index in [4.69, 9.17) is 17.3 Å². The van der Waals surface area contributed by atoms with Crippen LogP contribution in [0.25, 0.3) is 0 Å². The number of hydrogen-bond donors (Lipinski definition) is 2. The van der Waals surface area contributed by atoms with E-state index in [9.17, 15) is 13.2 Å². The molecule has 0 aliphatic carbocycles. The van der Waals surface area contributed by atoms with Crippen molar-refractivity contribution in [3.8, 4) is 0 Å². The van der Waals surface area contributed by atoms with Gasteiger partial charge in [-0.25, -0.2) is 13.1 Å². The van der Waals surface area contributed by atoms with Gasteiger partial charge in [-0.3, -0.25) is 4.79 Å². The van der Waals surface area contributed by atoms with Gasteiger partial charge in [0.15, 0.2) is 0 Å². The molecule has 0 fully saturated rings. The van der Waals surface area contributed by atoms with Crippen LogP contribution in [0.15, 0.2) is 0 Å². The number of primary amides is 1. The largest absolute Gasteiger partial charge is 0.370 e. The second kappa shape index (κ2) is 7.03. The van der Waals surface area contributed by atoms with Gasteiger partial charge in [-0.2, -0.15) is 0 Å². The first-order chi connectivity index (χ1) is 6.87. The number of hydrogen-bond acceptors (Lipinski definition) is 3. The lowest BCUT2D eigenvalue weighted by atomic mass is 10.2. The number of amides is 1. The molecular weight excluding hydrogens is 240 g/mol. The molecule has 0 radical (unpaired) electrons. The van der Waals surface area contributed by atoms with Crippen LogP contribution in [0.3, 0.4) is 0 Å². The van der Waals surface area contributed by atoms with Crippen molar-refractivity contribution in [3.05, 3.63) is 0 Å². The van der Waals surface area contributed by atoms with Crippen LogP contribution in [0.1, 0.15) is 26.2 Å². The highest BCUT2D eigenvalue weighted by atomic mass is 35.5. The summed E-state index contributed by atoms with van der Waals surface area (Å²) in [5, 5.41) is 0. The molecule has 1 amide bonds. The van der Waals surface area contributed by atoms with Crippen LogP contribution in [0.2, 0.25) is 0 Å². The maximum absolute atomic E-state index is 11.4. The number of nitrogens with one attached hydrogen (secondary N) is 1. The third-order valence-electron chi connectivity index (χ3n) is 1.68. The van der Waals surface area contributed by atoms with Gasteiger partial charge in [-0.05, 0) is 19.8 Å². The lowest BCUT2D eigenvalue weighted by Crippen LogP contribution is -2.37. The Balaban J connectivity index is 3.97. The molecule has 7 heteroatoms. The van der Waals surface area contributed by atoms with E-state index in [2.05, 4.69) is 4.72 Å². The van der Waals surface area contributed by atoms with Gasteiger partial charge in [0.25, 0.3) is 0 Å². The summed E-state index contributed by atoms with van der Waals surface area (Å²) in [6, 6.07) is -0.455. The molecule has 0 bridgehead atoms. The molecule has 0 heterocycles. The molecule has 0 aliphatic rings. The van der Waals surface area contributed by atoms with Crippen molar-refractivity contribution in [1.82, 2.24) is 4.72 Å². The topological polar surface area (TPSA) is 89.3 Å². The zero-order valence-corrected chi connectivity index (χ0v) is 10.3. The Labute approximate surface area is 95.4 Å². The molecule has 0 saturated heterocycles. The zero-order valence-electron chi connectivity index (χ0n) is 8.70. The van der Waals surface area contributed by atoms with Crippen molar-refractivity contribution in [2.45, 2.75) is 32.2 Å². The number of unbranched alkanes of at least 4 members (excludes halogenated alkanes) is 1. The van der Waals surface area contributed by atoms with Gasteiger partial charge in [0.1, 0.15) is 0 Å². The van der Waals surface area contributed by atoms with Crippen molar-refractivity contribution >= 4 is 27.5 Å². The average Bonchev–Trinajstić information content (AvgIpc) is 2.00. The van der Waals surface area contributed by atoms with Crippen LogP contribution in [0.4, 0.5) is 0 Å². The molecule has 90 valence electrons. The predicted octanol–water partition coefficient (Wildman–Crippen LogP) is 0.189. The number of carbonyl (C=O) groups excluding carboxylic acids is 1. The normalized spacial score (nSPS) is 13.7. The second-order valence-electron chi connectivity index (χ2n) is 3.40. The average molecular weight is 257 g/mol. The summed E-state index contributed by atoms with van der Waals surface area (Å²) in [7, 11) is -3.32. The van der Waals surface area contributed by atoms with E-state index in [0.717, 1.165) is 0 Å². The van der Waals surface area contributed by atoms with Crippen LogP contribution >= 0.6 is 11.6 Å². The number of carbonyl (C=O) groups is 1. The lowest BCUT2D eigenvalue weighted by Gasteiger charge is -2.11. The number of alkyl halides is 1. The summed E-state index contributed by atoms with van der Waals surface area (Å²) in [4.78, 5) is 10.5. The second-order valence-corrected chi connectivity index (χ2v) is 5.66. The van der Waals surface area contributed by atoms with Crippen LogP contribution in [0.5, 0.6) is 0 Å². The Kier molecular flexibility index (Phi) is 6.87. The molecule has 1 atom stereocenters. The van der Waals surface area contributed by atoms with E-state index in [1.165, 1.54) is 0 Å². The van der Waals surface area contributed by atoms with Crippen molar-refractivity contribution in [2.24, 2.45) is 5.73 Å². The first kappa shape index (κ1) is 14.7. The van der Waals surface area contributed by atoms with E-state index in [1.807, 2.05) is 0 Å². The van der Waals surface area contributed by atoms with Crippen molar-refractivity contribution in [2.75, 3.05) is 11.6 Å². The molecule has 0 saturated carbocycles. The minimum Gasteiger partial charge on any atom is -0.370 e. The van der Waals surface area contributed by atoms with Gasteiger partial charge in [0.05, 0.1) is 5.75 Å². The summed E-state index contributed by atoms with van der Waals surface area (Å²) in [6.07, 6.45) is 1.18. The molecule has 15 heavy (non-hydrogen) atoms. The Bertz CT molecular complexity index is 292. The number of sulfonamides is 1. The summed E-state index contributed by atoms with van der Waals surface area (Å²) in [5.41, 5.74) is 4.94. The SMILES string of the molecule is CC(CC(N)=O)NS(=O)(=O)CCCCCl. The molecule has 0 aliphatic heterocycles. The molecule has 0 aromatic heterocycles.